The predicted molar refractivity (Wildman–Crippen MR) is 50.4 cm³/mol. The fourth-order valence-corrected chi connectivity index (χ4v) is 1.29. The summed E-state index contributed by atoms with van der Waals surface area (Å²) >= 11 is 0. The number of rotatable bonds is 4. The van der Waals surface area contributed by atoms with Gasteiger partial charge in [0.25, 0.3) is 0 Å². The molecule has 1 atom stereocenters. The van der Waals surface area contributed by atoms with Gasteiger partial charge in [-0.15, -0.1) is 0 Å². The number of carbonyl (C=O) groups excluding carboxylic acids is 1. The Bertz CT molecular complexity index is 272. The highest BCUT2D eigenvalue weighted by Gasteiger charge is 2.13. The largest absolute Gasteiger partial charge is 0.294 e. The molecule has 0 aliphatic rings. The first-order valence-electron chi connectivity index (χ1n) is 4.56. The van der Waals surface area contributed by atoms with E-state index in [9.17, 15) is 4.79 Å². The molecule has 0 radical (unpaired) electrons. The van der Waals surface area contributed by atoms with Crippen LogP contribution in [0, 0.1) is 5.92 Å². The minimum absolute atomic E-state index is 0.0919. The van der Waals surface area contributed by atoms with Crippen molar-refractivity contribution in [1.82, 2.24) is 10.2 Å². The Morgan fingerprint density at radius 2 is 2.31 bits per heavy atom. The lowest BCUT2D eigenvalue weighted by molar-refractivity contribution is 0.0923. The Hall–Kier alpha value is -1.25. The average molecular weight is 178 g/mol. The number of aromatic nitrogens is 2. The van der Waals surface area contributed by atoms with Gasteiger partial charge in [0.1, 0.15) is 0 Å². The van der Waals surface area contributed by atoms with E-state index < -0.39 is 0 Å². The average Bonchev–Trinajstić information content (AvgIpc) is 2.18. The third-order valence-corrected chi connectivity index (χ3v) is 2.04. The molecule has 1 aromatic rings. The molecule has 70 valence electrons. The van der Waals surface area contributed by atoms with Gasteiger partial charge in [-0.3, -0.25) is 4.79 Å². The van der Waals surface area contributed by atoms with E-state index in [-0.39, 0.29) is 11.7 Å². The van der Waals surface area contributed by atoms with Gasteiger partial charge in [0.05, 0.1) is 12.4 Å². The van der Waals surface area contributed by atoms with Crippen LogP contribution in [0.1, 0.15) is 37.0 Å². The zero-order valence-corrected chi connectivity index (χ0v) is 8.03. The summed E-state index contributed by atoms with van der Waals surface area (Å²) in [5.74, 6) is 0.256. The van der Waals surface area contributed by atoms with Crippen LogP contribution in [-0.4, -0.2) is 16.0 Å². The molecule has 0 fully saturated rings. The molecule has 1 heterocycles. The molecular formula is C10H14N2O. The summed E-state index contributed by atoms with van der Waals surface area (Å²) < 4.78 is 0. The van der Waals surface area contributed by atoms with Gasteiger partial charge in [0.2, 0.25) is 0 Å². The Morgan fingerprint density at radius 3 is 2.85 bits per heavy atom. The molecule has 0 aliphatic heterocycles. The minimum atomic E-state index is 0.0919. The Kier molecular flexibility index (Phi) is 3.55. The number of hydrogen-bond donors (Lipinski definition) is 0. The maximum absolute atomic E-state index is 11.7. The maximum atomic E-state index is 11.7. The fraction of sp³-hybridized carbons (Fsp3) is 0.500. The minimum Gasteiger partial charge on any atom is -0.294 e. The van der Waals surface area contributed by atoms with Crippen LogP contribution in [0.15, 0.2) is 18.5 Å². The van der Waals surface area contributed by atoms with Crippen molar-refractivity contribution in [3.8, 4) is 0 Å². The van der Waals surface area contributed by atoms with E-state index >= 15 is 0 Å². The van der Waals surface area contributed by atoms with Crippen LogP contribution in [0.4, 0.5) is 0 Å². The maximum Gasteiger partial charge on any atom is 0.167 e. The van der Waals surface area contributed by atoms with Crippen LogP contribution in [0.25, 0.3) is 0 Å². The quantitative estimate of drug-likeness (QED) is 0.663. The summed E-state index contributed by atoms with van der Waals surface area (Å²) in [5.41, 5.74) is 0.663. The van der Waals surface area contributed by atoms with Crippen molar-refractivity contribution in [2.45, 2.75) is 26.7 Å². The smallest absolute Gasteiger partial charge is 0.167 e. The molecule has 3 nitrogen and oxygen atoms in total. The predicted octanol–water partition coefficient (Wildman–Crippen LogP) is 2.10. The second kappa shape index (κ2) is 4.70. The second-order valence-corrected chi connectivity index (χ2v) is 3.19. The zero-order valence-electron chi connectivity index (χ0n) is 8.03. The van der Waals surface area contributed by atoms with E-state index in [0.717, 1.165) is 12.8 Å². The first kappa shape index (κ1) is 9.84. The summed E-state index contributed by atoms with van der Waals surface area (Å²) in [5, 5.41) is 7.31. The number of ketones is 1. The highest BCUT2D eigenvalue weighted by molar-refractivity contribution is 5.97. The third-order valence-electron chi connectivity index (χ3n) is 2.04. The molecule has 0 bridgehead atoms. The molecule has 1 aromatic heterocycles. The van der Waals surface area contributed by atoms with E-state index in [0.29, 0.717) is 5.56 Å². The van der Waals surface area contributed by atoms with E-state index in [1.807, 2.05) is 6.92 Å². The first-order chi connectivity index (χ1) is 6.25. The fourth-order valence-electron chi connectivity index (χ4n) is 1.29. The molecule has 0 saturated carbocycles. The molecule has 0 aliphatic carbocycles. The van der Waals surface area contributed by atoms with Gasteiger partial charge in [-0.25, -0.2) is 0 Å². The van der Waals surface area contributed by atoms with Crippen molar-refractivity contribution < 1.29 is 4.79 Å². The van der Waals surface area contributed by atoms with Gasteiger partial charge < -0.3 is 0 Å². The van der Waals surface area contributed by atoms with Crippen molar-refractivity contribution in [2.24, 2.45) is 5.92 Å². The monoisotopic (exact) mass is 178 g/mol. The lowest BCUT2D eigenvalue weighted by atomic mass is 9.97. The van der Waals surface area contributed by atoms with Crippen molar-refractivity contribution >= 4 is 5.78 Å². The van der Waals surface area contributed by atoms with Gasteiger partial charge in [-0.2, -0.15) is 10.2 Å². The third kappa shape index (κ3) is 2.61. The van der Waals surface area contributed by atoms with Gasteiger partial charge in [0, 0.05) is 11.5 Å². The van der Waals surface area contributed by atoms with E-state index in [2.05, 4.69) is 17.1 Å². The standard InChI is InChI=1S/C10H14N2O/c1-3-4-8(2)10(13)9-5-6-11-12-7-9/h5-8H,3-4H2,1-2H3. The van der Waals surface area contributed by atoms with Crippen LogP contribution in [-0.2, 0) is 0 Å². The normalized spacial score (nSPS) is 12.5. The molecule has 13 heavy (non-hydrogen) atoms. The summed E-state index contributed by atoms with van der Waals surface area (Å²) in [6, 6.07) is 1.71. The van der Waals surface area contributed by atoms with Crippen LogP contribution < -0.4 is 0 Å². The number of carbonyl (C=O) groups is 1. The number of Topliss-reactive ketones (excluding diaryl/α,β-unsaturated/α-hetero) is 1. The second-order valence-electron chi connectivity index (χ2n) is 3.19. The van der Waals surface area contributed by atoms with Gasteiger partial charge in [0.15, 0.2) is 5.78 Å². The lowest BCUT2D eigenvalue weighted by Gasteiger charge is -2.07. The van der Waals surface area contributed by atoms with Crippen molar-refractivity contribution in [3.63, 3.8) is 0 Å². The number of nitrogens with zero attached hydrogens (tertiary/aromatic N) is 2. The summed E-state index contributed by atoms with van der Waals surface area (Å²) in [6.45, 7) is 4.03. The molecule has 1 unspecified atom stereocenters. The molecule has 0 N–H and O–H groups in total. The lowest BCUT2D eigenvalue weighted by Crippen LogP contribution is -2.11. The summed E-state index contributed by atoms with van der Waals surface area (Å²) in [7, 11) is 0. The first-order valence-corrected chi connectivity index (χ1v) is 4.56. The summed E-state index contributed by atoms with van der Waals surface area (Å²) in [4.78, 5) is 11.7. The van der Waals surface area contributed by atoms with Gasteiger partial charge >= 0.3 is 0 Å². The van der Waals surface area contributed by atoms with Gasteiger partial charge in [-0.05, 0) is 12.5 Å². The molecule has 0 saturated heterocycles. The van der Waals surface area contributed by atoms with Crippen molar-refractivity contribution in [2.75, 3.05) is 0 Å². The number of hydrogen-bond acceptors (Lipinski definition) is 3. The summed E-state index contributed by atoms with van der Waals surface area (Å²) in [6.07, 6.45) is 5.03. The molecule has 0 amide bonds. The van der Waals surface area contributed by atoms with Crippen LogP contribution in [0.5, 0.6) is 0 Å². The van der Waals surface area contributed by atoms with Crippen LogP contribution >= 0.6 is 0 Å². The Morgan fingerprint density at radius 1 is 1.54 bits per heavy atom. The Labute approximate surface area is 78.2 Å². The van der Waals surface area contributed by atoms with Crippen molar-refractivity contribution in [3.05, 3.63) is 24.0 Å². The van der Waals surface area contributed by atoms with E-state index in [1.165, 1.54) is 6.20 Å². The SMILES string of the molecule is CCCC(C)C(=O)c1ccnnc1. The molecule has 0 aromatic carbocycles. The van der Waals surface area contributed by atoms with Crippen LogP contribution in [0.3, 0.4) is 0 Å². The molecule has 1 rings (SSSR count). The van der Waals surface area contributed by atoms with Gasteiger partial charge in [-0.1, -0.05) is 20.3 Å². The van der Waals surface area contributed by atoms with E-state index in [1.54, 1.807) is 12.3 Å². The molecule has 3 heteroatoms. The van der Waals surface area contributed by atoms with E-state index in [4.69, 9.17) is 0 Å². The highest BCUT2D eigenvalue weighted by atomic mass is 16.1. The molecular weight excluding hydrogens is 164 g/mol. The Balaban J connectivity index is 2.68. The highest BCUT2D eigenvalue weighted by Crippen LogP contribution is 2.11. The van der Waals surface area contributed by atoms with Crippen molar-refractivity contribution in [1.29, 1.82) is 0 Å². The topological polar surface area (TPSA) is 42.9 Å². The zero-order chi connectivity index (χ0) is 9.68. The van der Waals surface area contributed by atoms with Crippen LogP contribution in [0.2, 0.25) is 0 Å². The molecule has 0 spiro atoms.